The topological polar surface area (TPSA) is 20.2 Å². The van der Waals surface area contributed by atoms with Gasteiger partial charge in [-0.2, -0.15) is 0 Å². The van der Waals surface area contributed by atoms with E-state index in [-0.39, 0.29) is 5.41 Å². The highest BCUT2D eigenvalue weighted by atomic mass is 16.3. The molecule has 1 N–H and O–H groups in total. The molecule has 2 rings (SSSR count). The number of phenols is 1. The average molecular weight is 216 g/mol. The van der Waals surface area contributed by atoms with Crippen LogP contribution in [0.1, 0.15) is 44.7 Å². The molecule has 0 heterocycles. The third-order valence-electron chi connectivity index (χ3n) is 4.31. The lowest BCUT2D eigenvalue weighted by atomic mass is 9.77. The first-order valence-corrected chi connectivity index (χ1v) is 5.92. The van der Waals surface area contributed by atoms with Crippen LogP contribution in [0.15, 0.2) is 29.3 Å². The van der Waals surface area contributed by atoms with Crippen molar-refractivity contribution in [2.24, 2.45) is 0 Å². The summed E-state index contributed by atoms with van der Waals surface area (Å²) in [5, 5.41) is 9.81. The van der Waals surface area contributed by atoms with Crippen LogP contribution in [0.2, 0.25) is 0 Å². The summed E-state index contributed by atoms with van der Waals surface area (Å²) in [5.41, 5.74) is 5.28. The maximum absolute atomic E-state index is 9.81. The molecule has 0 fully saturated rings. The molecule has 1 aromatic carbocycles. The third kappa shape index (κ3) is 1.55. The van der Waals surface area contributed by atoms with Crippen LogP contribution in [-0.2, 0) is 5.41 Å². The van der Waals surface area contributed by atoms with E-state index >= 15 is 0 Å². The van der Waals surface area contributed by atoms with Gasteiger partial charge in [-0.15, -0.1) is 0 Å². The molecule has 1 atom stereocenters. The Hall–Kier alpha value is -1.24. The van der Waals surface area contributed by atoms with Gasteiger partial charge in [0.15, 0.2) is 0 Å². The molecule has 1 aliphatic carbocycles. The summed E-state index contributed by atoms with van der Waals surface area (Å²) in [5.74, 6) is 0.413. The number of phenolic OH excluding ortho intramolecular Hbond substituents is 1. The molecule has 0 radical (unpaired) electrons. The monoisotopic (exact) mass is 216 g/mol. The summed E-state index contributed by atoms with van der Waals surface area (Å²) in [6.45, 7) is 8.65. The van der Waals surface area contributed by atoms with Gasteiger partial charge in [0, 0.05) is 5.41 Å². The quantitative estimate of drug-likeness (QED) is 0.701. The number of aromatic hydroxyl groups is 1. The minimum Gasteiger partial charge on any atom is -0.508 e. The molecule has 1 nitrogen and oxygen atoms in total. The van der Waals surface area contributed by atoms with Gasteiger partial charge in [0.2, 0.25) is 0 Å². The summed E-state index contributed by atoms with van der Waals surface area (Å²) in [6.07, 6.45) is 2.34. The molecule has 0 amide bonds. The molecule has 0 unspecified atom stereocenters. The van der Waals surface area contributed by atoms with Crippen molar-refractivity contribution in [1.29, 1.82) is 0 Å². The van der Waals surface area contributed by atoms with Gasteiger partial charge in [-0.1, -0.05) is 30.2 Å². The second kappa shape index (κ2) is 3.65. The van der Waals surface area contributed by atoms with Gasteiger partial charge in [-0.25, -0.2) is 0 Å². The molecule has 0 saturated carbocycles. The summed E-state index contributed by atoms with van der Waals surface area (Å²) in [7, 11) is 0. The number of benzene rings is 1. The molecule has 1 aromatic rings. The Morgan fingerprint density at radius 2 is 1.88 bits per heavy atom. The van der Waals surface area contributed by atoms with Gasteiger partial charge >= 0.3 is 0 Å². The first-order chi connectivity index (χ1) is 7.45. The zero-order valence-corrected chi connectivity index (χ0v) is 10.6. The standard InChI is InChI=1S/C15H20O/c1-10-7-8-15(4,12(10)3)13-6-5-11(2)14(16)9-13/h5-6,9,16H,7-8H2,1-4H3/t15-/m0/s1. The van der Waals surface area contributed by atoms with Gasteiger partial charge in [0.05, 0.1) is 0 Å². The number of hydrogen-bond donors (Lipinski definition) is 1. The van der Waals surface area contributed by atoms with E-state index in [9.17, 15) is 5.11 Å². The van der Waals surface area contributed by atoms with Crippen LogP contribution in [0.3, 0.4) is 0 Å². The minimum atomic E-state index is 0.120. The highest BCUT2D eigenvalue weighted by Crippen LogP contribution is 2.45. The lowest BCUT2D eigenvalue weighted by Crippen LogP contribution is -2.19. The average Bonchev–Trinajstić information content (AvgIpc) is 2.52. The van der Waals surface area contributed by atoms with Gasteiger partial charge in [0.1, 0.15) is 5.75 Å². The zero-order chi connectivity index (χ0) is 11.9. The lowest BCUT2D eigenvalue weighted by Gasteiger charge is -2.27. The summed E-state index contributed by atoms with van der Waals surface area (Å²) >= 11 is 0. The summed E-state index contributed by atoms with van der Waals surface area (Å²) in [6, 6.07) is 6.09. The third-order valence-corrected chi connectivity index (χ3v) is 4.31. The molecule has 0 spiro atoms. The van der Waals surface area contributed by atoms with Crippen LogP contribution in [0.5, 0.6) is 5.75 Å². The van der Waals surface area contributed by atoms with Crippen LogP contribution in [0, 0.1) is 6.92 Å². The molecule has 0 aliphatic heterocycles. The number of rotatable bonds is 1. The molecule has 0 saturated heterocycles. The Labute approximate surface area is 97.8 Å². The van der Waals surface area contributed by atoms with Crippen molar-refractivity contribution in [1.82, 2.24) is 0 Å². The Balaban J connectivity index is 2.49. The van der Waals surface area contributed by atoms with Gasteiger partial charge in [0.25, 0.3) is 0 Å². The fraction of sp³-hybridized carbons (Fsp3) is 0.467. The molecule has 0 bridgehead atoms. The largest absolute Gasteiger partial charge is 0.508 e. The summed E-state index contributed by atoms with van der Waals surface area (Å²) < 4.78 is 0. The highest BCUT2D eigenvalue weighted by Gasteiger charge is 2.34. The molecule has 86 valence electrons. The minimum absolute atomic E-state index is 0.120. The van der Waals surface area contributed by atoms with Crippen molar-refractivity contribution < 1.29 is 5.11 Å². The number of aryl methyl sites for hydroxylation is 1. The molecule has 1 aliphatic rings. The number of allylic oxidation sites excluding steroid dienone is 2. The van der Waals surface area contributed by atoms with E-state index in [0.29, 0.717) is 5.75 Å². The van der Waals surface area contributed by atoms with Crippen molar-refractivity contribution in [3.8, 4) is 5.75 Å². The smallest absolute Gasteiger partial charge is 0.118 e. The van der Waals surface area contributed by atoms with Gasteiger partial charge in [-0.05, 0) is 50.8 Å². The van der Waals surface area contributed by atoms with Crippen LogP contribution < -0.4 is 0 Å². The second-order valence-corrected chi connectivity index (χ2v) is 5.24. The van der Waals surface area contributed by atoms with Gasteiger partial charge < -0.3 is 5.11 Å². The van der Waals surface area contributed by atoms with E-state index in [1.807, 2.05) is 19.1 Å². The summed E-state index contributed by atoms with van der Waals surface area (Å²) in [4.78, 5) is 0. The normalized spacial score (nSPS) is 25.2. The SMILES string of the molecule is CC1=C(C)[C@@](C)(c2ccc(C)c(O)c2)CC1. The Bertz CT molecular complexity index is 457. The predicted molar refractivity (Wildman–Crippen MR) is 67.8 cm³/mol. The van der Waals surface area contributed by atoms with Crippen molar-refractivity contribution in [2.75, 3.05) is 0 Å². The van der Waals surface area contributed by atoms with Crippen LogP contribution in [0.25, 0.3) is 0 Å². The molecule has 1 heteroatoms. The van der Waals surface area contributed by atoms with Crippen LogP contribution >= 0.6 is 0 Å². The van der Waals surface area contributed by atoms with E-state index in [0.717, 1.165) is 12.0 Å². The number of hydrogen-bond acceptors (Lipinski definition) is 1. The Morgan fingerprint density at radius 3 is 2.38 bits per heavy atom. The van der Waals surface area contributed by atoms with E-state index in [1.54, 1.807) is 0 Å². The van der Waals surface area contributed by atoms with Crippen molar-refractivity contribution in [3.05, 3.63) is 40.5 Å². The van der Waals surface area contributed by atoms with Gasteiger partial charge in [-0.3, -0.25) is 0 Å². The van der Waals surface area contributed by atoms with E-state index in [2.05, 4.69) is 26.8 Å². The zero-order valence-electron chi connectivity index (χ0n) is 10.6. The fourth-order valence-corrected chi connectivity index (χ4v) is 2.60. The second-order valence-electron chi connectivity index (χ2n) is 5.24. The Morgan fingerprint density at radius 1 is 1.19 bits per heavy atom. The maximum Gasteiger partial charge on any atom is 0.118 e. The van der Waals surface area contributed by atoms with Crippen molar-refractivity contribution in [2.45, 2.75) is 46.0 Å². The predicted octanol–water partition coefficient (Wildman–Crippen LogP) is 4.09. The van der Waals surface area contributed by atoms with Crippen LogP contribution in [-0.4, -0.2) is 5.11 Å². The van der Waals surface area contributed by atoms with E-state index < -0.39 is 0 Å². The first-order valence-electron chi connectivity index (χ1n) is 5.92. The molecular weight excluding hydrogens is 196 g/mol. The van der Waals surface area contributed by atoms with Crippen LogP contribution in [0.4, 0.5) is 0 Å². The van der Waals surface area contributed by atoms with Crippen molar-refractivity contribution in [3.63, 3.8) is 0 Å². The van der Waals surface area contributed by atoms with E-state index in [4.69, 9.17) is 0 Å². The maximum atomic E-state index is 9.81. The first kappa shape index (κ1) is 11.3. The molecular formula is C15H20O. The Kier molecular flexibility index (Phi) is 2.57. The molecule has 16 heavy (non-hydrogen) atoms. The van der Waals surface area contributed by atoms with E-state index in [1.165, 1.54) is 23.1 Å². The fourth-order valence-electron chi connectivity index (χ4n) is 2.60. The van der Waals surface area contributed by atoms with Crippen molar-refractivity contribution >= 4 is 0 Å². The highest BCUT2D eigenvalue weighted by molar-refractivity contribution is 5.45. The molecule has 0 aromatic heterocycles. The lowest BCUT2D eigenvalue weighted by molar-refractivity contribution is 0.465.